The zero-order valence-corrected chi connectivity index (χ0v) is 12.2. The summed E-state index contributed by atoms with van der Waals surface area (Å²) in [5, 5.41) is 5.28. The maximum absolute atomic E-state index is 12.2. The number of hydrogen-bond donors (Lipinski definition) is 2. The van der Waals surface area contributed by atoms with Crippen molar-refractivity contribution in [2.45, 2.75) is 13.3 Å². The molecule has 0 radical (unpaired) electrons. The number of nitrogens with zero attached hydrogens (tertiary/aromatic N) is 2. The Morgan fingerprint density at radius 2 is 2.20 bits per heavy atom. The number of ether oxygens (including phenoxy) is 1. The van der Waals surface area contributed by atoms with Gasteiger partial charge in [-0.3, -0.25) is 10.2 Å². The summed E-state index contributed by atoms with van der Waals surface area (Å²) in [4.78, 5) is 16.3. The molecule has 7 heteroatoms. The lowest BCUT2D eigenvalue weighted by Crippen LogP contribution is -2.48. The maximum atomic E-state index is 12.2. The largest absolute Gasteiger partial charge is 0.379 e. The van der Waals surface area contributed by atoms with Crippen LogP contribution in [0.2, 0.25) is 5.15 Å². The van der Waals surface area contributed by atoms with Gasteiger partial charge in [-0.15, -0.1) is 0 Å². The first-order valence-electron chi connectivity index (χ1n) is 6.74. The first-order valence-corrected chi connectivity index (χ1v) is 7.12. The van der Waals surface area contributed by atoms with Crippen molar-refractivity contribution < 1.29 is 9.53 Å². The molecule has 0 unspecified atom stereocenters. The lowest BCUT2D eigenvalue weighted by Gasteiger charge is -2.26. The predicted molar refractivity (Wildman–Crippen MR) is 77.9 cm³/mol. The van der Waals surface area contributed by atoms with Gasteiger partial charge in [0, 0.05) is 25.2 Å². The summed E-state index contributed by atoms with van der Waals surface area (Å²) in [6.45, 7) is 5.47. The van der Waals surface area contributed by atoms with Crippen molar-refractivity contribution in [1.82, 2.24) is 15.4 Å². The Kier molecular flexibility index (Phi) is 5.58. The summed E-state index contributed by atoms with van der Waals surface area (Å²) in [6.07, 6.45) is 0.976. The highest BCUT2D eigenvalue weighted by atomic mass is 35.5. The number of nitrogens with one attached hydrogen (secondary N) is 2. The van der Waals surface area contributed by atoms with Crippen LogP contribution in [0.1, 0.15) is 23.7 Å². The van der Waals surface area contributed by atoms with Gasteiger partial charge in [-0.2, -0.15) is 0 Å². The van der Waals surface area contributed by atoms with Gasteiger partial charge in [-0.25, -0.2) is 9.99 Å². The molecule has 1 aromatic heterocycles. The van der Waals surface area contributed by atoms with E-state index in [0.29, 0.717) is 42.8 Å². The molecule has 6 nitrogen and oxygen atoms in total. The van der Waals surface area contributed by atoms with Crippen molar-refractivity contribution in [3.05, 3.63) is 22.8 Å². The van der Waals surface area contributed by atoms with Crippen molar-refractivity contribution >= 4 is 23.3 Å². The molecule has 1 saturated heterocycles. The van der Waals surface area contributed by atoms with E-state index in [1.807, 2.05) is 5.01 Å². The number of morpholine rings is 1. The Bertz CT molecular complexity index is 464. The van der Waals surface area contributed by atoms with Crippen molar-refractivity contribution in [2.75, 3.05) is 38.2 Å². The molecular formula is C13H19ClN4O2. The van der Waals surface area contributed by atoms with Gasteiger partial charge in [-0.1, -0.05) is 18.5 Å². The van der Waals surface area contributed by atoms with Crippen molar-refractivity contribution in [1.29, 1.82) is 0 Å². The molecule has 0 aliphatic carbocycles. The summed E-state index contributed by atoms with van der Waals surface area (Å²) in [5.74, 6) is 0.433. The molecule has 110 valence electrons. The summed E-state index contributed by atoms with van der Waals surface area (Å²) >= 11 is 5.95. The Labute approximate surface area is 123 Å². The maximum Gasteiger partial charge on any atom is 0.265 e. The SMILES string of the molecule is CCCNc1cc(C(=O)NN2CCOCC2)cc(Cl)n1. The summed E-state index contributed by atoms with van der Waals surface area (Å²) in [5.41, 5.74) is 3.34. The third-order valence-corrected chi connectivity index (χ3v) is 3.08. The van der Waals surface area contributed by atoms with Gasteiger partial charge >= 0.3 is 0 Å². The molecule has 1 aromatic rings. The van der Waals surface area contributed by atoms with Crippen molar-refractivity contribution in [3.8, 4) is 0 Å². The third kappa shape index (κ3) is 4.33. The first-order chi connectivity index (χ1) is 9.69. The first kappa shape index (κ1) is 15.0. The molecule has 0 bridgehead atoms. The van der Waals surface area contributed by atoms with Crippen molar-refractivity contribution in [2.24, 2.45) is 0 Å². The quantitative estimate of drug-likeness (QED) is 0.807. The number of hydrogen-bond acceptors (Lipinski definition) is 5. The van der Waals surface area contributed by atoms with E-state index in [2.05, 4.69) is 22.7 Å². The highest BCUT2D eigenvalue weighted by Crippen LogP contribution is 2.14. The normalized spacial score (nSPS) is 15.9. The average Bonchev–Trinajstić information content (AvgIpc) is 2.45. The van der Waals surface area contributed by atoms with Crippen LogP contribution in [0.25, 0.3) is 0 Å². The highest BCUT2D eigenvalue weighted by molar-refractivity contribution is 6.29. The summed E-state index contributed by atoms with van der Waals surface area (Å²) in [6, 6.07) is 3.27. The molecule has 0 atom stereocenters. The zero-order chi connectivity index (χ0) is 14.4. The minimum atomic E-state index is -0.184. The van der Waals surface area contributed by atoms with E-state index >= 15 is 0 Å². The van der Waals surface area contributed by atoms with Gasteiger partial charge in [0.25, 0.3) is 5.91 Å². The van der Waals surface area contributed by atoms with E-state index in [1.54, 1.807) is 12.1 Å². The van der Waals surface area contributed by atoms with Gasteiger partial charge in [0.15, 0.2) is 0 Å². The van der Waals surface area contributed by atoms with E-state index in [4.69, 9.17) is 16.3 Å². The van der Waals surface area contributed by atoms with Crippen LogP contribution in [0.15, 0.2) is 12.1 Å². The number of hydrazine groups is 1. The Balaban J connectivity index is 2.02. The predicted octanol–water partition coefficient (Wildman–Crippen LogP) is 1.53. The Morgan fingerprint density at radius 3 is 2.90 bits per heavy atom. The topological polar surface area (TPSA) is 66.5 Å². The van der Waals surface area contributed by atoms with Gasteiger partial charge in [0.2, 0.25) is 0 Å². The van der Waals surface area contributed by atoms with Crippen LogP contribution in [-0.4, -0.2) is 48.7 Å². The number of amides is 1. The number of pyridine rings is 1. The molecule has 2 rings (SSSR count). The molecule has 20 heavy (non-hydrogen) atoms. The van der Waals surface area contributed by atoms with E-state index in [1.165, 1.54) is 0 Å². The lowest BCUT2D eigenvalue weighted by atomic mass is 10.2. The highest BCUT2D eigenvalue weighted by Gasteiger charge is 2.15. The summed E-state index contributed by atoms with van der Waals surface area (Å²) in [7, 11) is 0. The number of rotatable bonds is 5. The van der Waals surface area contributed by atoms with Crippen LogP contribution in [0.4, 0.5) is 5.82 Å². The molecular weight excluding hydrogens is 280 g/mol. The number of carbonyl (C=O) groups excluding carboxylic acids is 1. The average molecular weight is 299 g/mol. The molecule has 1 aliphatic rings. The second-order valence-corrected chi connectivity index (χ2v) is 4.92. The minimum Gasteiger partial charge on any atom is -0.379 e. The van der Waals surface area contributed by atoms with Crippen LogP contribution in [0, 0.1) is 0 Å². The lowest BCUT2D eigenvalue weighted by molar-refractivity contribution is 0.0126. The number of carbonyl (C=O) groups is 1. The summed E-state index contributed by atoms with van der Waals surface area (Å²) < 4.78 is 5.24. The van der Waals surface area contributed by atoms with E-state index in [-0.39, 0.29) is 5.91 Å². The third-order valence-electron chi connectivity index (χ3n) is 2.88. The molecule has 2 heterocycles. The fourth-order valence-corrected chi connectivity index (χ4v) is 2.06. The van der Waals surface area contributed by atoms with E-state index in [9.17, 15) is 4.79 Å². The van der Waals surface area contributed by atoms with E-state index < -0.39 is 0 Å². The zero-order valence-electron chi connectivity index (χ0n) is 11.5. The van der Waals surface area contributed by atoms with Crippen LogP contribution in [-0.2, 0) is 4.74 Å². The second-order valence-electron chi connectivity index (χ2n) is 4.53. The van der Waals surface area contributed by atoms with Crippen molar-refractivity contribution in [3.63, 3.8) is 0 Å². The number of anilines is 1. The molecule has 0 saturated carbocycles. The van der Waals surface area contributed by atoms with E-state index in [0.717, 1.165) is 13.0 Å². The molecule has 2 N–H and O–H groups in total. The van der Waals surface area contributed by atoms with Gasteiger partial charge in [0.05, 0.1) is 13.2 Å². The molecule has 1 aliphatic heterocycles. The van der Waals surface area contributed by atoms with Crippen LogP contribution in [0.3, 0.4) is 0 Å². The van der Waals surface area contributed by atoms with Crippen LogP contribution >= 0.6 is 11.6 Å². The van der Waals surface area contributed by atoms with Crippen LogP contribution < -0.4 is 10.7 Å². The molecule has 1 amide bonds. The van der Waals surface area contributed by atoms with Crippen LogP contribution in [0.5, 0.6) is 0 Å². The van der Waals surface area contributed by atoms with Gasteiger partial charge in [0.1, 0.15) is 11.0 Å². The second kappa shape index (κ2) is 7.42. The minimum absolute atomic E-state index is 0.184. The van der Waals surface area contributed by atoms with Gasteiger partial charge in [-0.05, 0) is 18.6 Å². The molecule has 1 fully saturated rings. The fourth-order valence-electron chi connectivity index (χ4n) is 1.85. The Morgan fingerprint density at radius 1 is 1.45 bits per heavy atom. The molecule has 0 aromatic carbocycles. The fraction of sp³-hybridized carbons (Fsp3) is 0.538. The standard InChI is InChI=1S/C13H19ClN4O2/c1-2-3-15-12-9-10(8-11(14)16-12)13(19)17-18-4-6-20-7-5-18/h8-9H,2-7H2,1H3,(H,15,16)(H,17,19). The number of aromatic nitrogens is 1. The Hall–Kier alpha value is -1.37. The monoisotopic (exact) mass is 298 g/mol. The smallest absolute Gasteiger partial charge is 0.265 e. The number of halogens is 1. The van der Waals surface area contributed by atoms with Gasteiger partial charge < -0.3 is 10.1 Å². The molecule has 0 spiro atoms.